The first-order chi connectivity index (χ1) is 11.1. The second-order valence-corrected chi connectivity index (χ2v) is 6.18. The Hall–Kier alpha value is -1.88. The van der Waals surface area contributed by atoms with Gasteiger partial charge in [0.15, 0.2) is 0 Å². The molecule has 0 spiro atoms. The minimum Gasteiger partial charge on any atom is -0.356 e. The van der Waals surface area contributed by atoms with E-state index in [1.807, 2.05) is 6.07 Å². The molecule has 1 aliphatic heterocycles. The minimum atomic E-state index is -0.0949. The molecule has 0 bridgehead atoms. The Labute approximate surface area is 138 Å². The van der Waals surface area contributed by atoms with Crippen LogP contribution in [-0.2, 0) is 16.0 Å². The number of carbonyl (C=O) groups excluding carboxylic acids is 2. The molecule has 2 N–H and O–H groups in total. The lowest BCUT2D eigenvalue weighted by Crippen LogP contribution is -2.48. The fourth-order valence-electron chi connectivity index (χ4n) is 2.96. The second-order valence-electron chi connectivity index (χ2n) is 6.18. The van der Waals surface area contributed by atoms with Crippen molar-refractivity contribution in [1.29, 1.82) is 0 Å². The summed E-state index contributed by atoms with van der Waals surface area (Å²) in [5, 5.41) is 5.74. The summed E-state index contributed by atoms with van der Waals surface area (Å²) < 4.78 is 0. The molecule has 126 valence electrons. The molecular formula is C18H27N3O2. The van der Waals surface area contributed by atoms with E-state index >= 15 is 0 Å². The van der Waals surface area contributed by atoms with Crippen molar-refractivity contribution in [2.45, 2.75) is 38.6 Å². The van der Waals surface area contributed by atoms with Crippen molar-refractivity contribution in [3.05, 3.63) is 35.9 Å². The predicted octanol–water partition coefficient (Wildman–Crippen LogP) is 1.34. The van der Waals surface area contributed by atoms with Gasteiger partial charge in [-0.25, -0.2) is 0 Å². The summed E-state index contributed by atoms with van der Waals surface area (Å²) in [5.41, 5.74) is 1.36. The van der Waals surface area contributed by atoms with E-state index in [-0.39, 0.29) is 17.9 Å². The highest BCUT2D eigenvalue weighted by atomic mass is 16.2. The van der Waals surface area contributed by atoms with Crippen LogP contribution in [0.2, 0.25) is 0 Å². The third kappa shape index (κ3) is 6.82. The zero-order valence-electron chi connectivity index (χ0n) is 13.9. The molecule has 5 nitrogen and oxygen atoms in total. The molecule has 2 amide bonds. The van der Waals surface area contributed by atoms with E-state index in [9.17, 15) is 9.59 Å². The highest BCUT2D eigenvalue weighted by Crippen LogP contribution is 2.11. The normalized spacial score (nSPS) is 18.4. The lowest BCUT2D eigenvalue weighted by molar-refractivity contribution is -0.122. The van der Waals surface area contributed by atoms with Gasteiger partial charge in [0.1, 0.15) is 0 Å². The van der Waals surface area contributed by atoms with Crippen LogP contribution < -0.4 is 10.6 Å². The van der Waals surface area contributed by atoms with E-state index in [1.165, 1.54) is 12.5 Å². The standard InChI is InChI=1S/C18H27N3O2/c1-15(22)19-11-9-18(23)20-17-8-5-12-21(14-17)13-10-16-6-3-2-4-7-16/h2-4,6-7,17H,5,8-14H2,1H3,(H,19,22)(H,20,23). The van der Waals surface area contributed by atoms with Gasteiger partial charge < -0.3 is 15.5 Å². The van der Waals surface area contributed by atoms with E-state index in [0.29, 0.717) is 13.0 Å². The van der Waals surface area contributed by atoms with Gasteiger partial charge in [0.25, 0.3) is 0 Å². The molecule has 1 aromatic rings. The van der Waals surface area contributed by atoms with Crippen LogP contribution in [-0.4, -0.2) is 48.9 Å². The van der Waals surface area contributed by atoms with Crippen molar-refractivity contribution in [1.82, 2.24) is 15.5 Å². The molecule has 0 aromatic heterocycles. The largest absolute Gasteiger partial charge is 0.356 e. The number of amides is 2. The maximum absolute atomic E-state index is 11.9. The van der Waals surface area contributed by atoms with Gasteiger partial charge in [-0.1, -0.05) is 30.3 Å². The molecule has 1 aromatic carbocycles. The van der Waals surface area contributed by atoms with E-state index < -0.39 is 0 Å². The fourth-order valence-corrected chi connectivity index (χ4v) is 2.96. The molecule has 0 saturated carbocycles. The highest BCUT2D eigenvalue weighted by Gasteiger charge is 2.20. The summed E-state index contributed by atoms with van der Waals surface area (Å²) in [6.07, 6.45) is 3.54. The van der Waals surface area contributed by atoms with Crippen LogP contribution in [0.25, 0.3) is 0 Å². The van der Waals surface area contributed by atoms with E-state index in [4.69, 9.17) is 0 Å². The summed E-state index contributed by atoms with van der Waals surface area (Å²) in [4.78, 5) is 25.1. The zero-order valence-corrected chi connectivity index (χ0v) is 13.9. The Kier molecular flexibility index (Phi) is 7.07. The van der Waals surface area contributed by atoms with Gasteiger partial charge in [0.05, 0.1) is 0 Å². The molecule has 1 saturated heterocycles. The summed E-state index contributed by atoms with van der Waals surface area (Å²) in [6, 6.07) is 10.7. The summed E-state index contributed by atoms with van der Waals surface area (Å²) in [5.74, 6) is -0.0730. The average Bonchev–Trinajstić information content (AvgIpc) is 2.54. The van der Waals surface area contributed by atoms with Crippen molar-refractivity contribution < 1.29 is 9.59 Å². The van der Waals surface area contributed by atoms with Gasteiger partial charge in [-0.3, -0.25) is 9.59 Å². The molecule has 23 heavy (non-hydrogen) atoms. The Morgan fingerprint density at radius 3 is 2.78 bits per heavy atom. The highest BCUT2D eigenvalue weighted by molar-refractivity contribution is 5.78. The number of likely N-dealkylation sites (tertiary alicyclic amines) is 1. The Morgan fingerprint density at radius 2 is 2.04 bits per heavy atom. The molecule has 5 heteroatoms. The summed E-state index contributed by atoms with van der Waals surface area (Å²) in [7, 11) is 0. The number of rotatable bonds is 7. The summed E-state index contributed by atoms with van der Waals surface area (Å²) >= 11 is 0. The first-order valence-electron chi connectivity index (χ1n) is 8.43. The maximum Gasteiger partial charge on any atom is 0.222 e. The van der Waals surface area contributed by atoms with Crippen LogP contribution in [0.15, 0.2) is 30.3 Å². The van der Waals surface area contributed by atoms with Gasteiger partial charge in [-0.15, -0.1) is 0 Å². The van der Waals surface area contributed by atoms with Crippen molar-refractivity contribution >= 4 is 11.8 Å². The molecule has 1 atom stereocenters. The number of piperidine rings is 1. The van der Waals surface area contributed by atoms with Crippen molar-refractivity contribution in [3.63, 3.8) is 0 Å². The van der Waals surface area contributed by atoms with Crippen LogP contribution in [0.5, 0.6) is 0 Å². The Morgan fingerprint density at radius 1 is 1.26 bits per heavy atom. The first-order valence-corrected chi connectivity index (χ1v) is 8.43. The van der Waals surface area contributed by atoms with Crippen LogP contribution >= 0.6 is 0 Å². The molecule has 1 heterocycles. The van der Waals surface area contributed by atoms with Gasteiger partial charge in [-0.2, -0.15) is 0 Å². The van der Waals surface area contributed by atoms with E-state index in [0.717, 1.165) is 38.9 Å². The minimum absolute atomic E-state index is 0.0219. The number of benzene rings is 1. The van der Waals surface area contributed by atoms with Gasteiger partial charge in [0, 0.05) is 39.0 Å². The molecule has 1 unspecified atom stereocenters. The second kappa shape index (κ2) is 9.30. The number of nitrogens with one attached hydrogen (secondary N) is 2. The lowest BCUT2D eigenvalue weighted by Gasteiger charge is -2.33. The van der Waals surface area contributed by atoms with Crippen molar-refractivity contribution in [3.8, 4) is 0 Å². The monoisotopic (exact) mass is 317 g/mol. The molecule has 0 radical (unpaired) electrons. The van der Waals surface area contributed by atoms with Crippen LogP contribution in [0.3, 0.4) is 0 Å². The Balaban J connectivity index is 1.68. The van der Waals surface area contributed by atoms with E-state index in [2.05, 4.69) is 39.8 Å². The molecule has 1 aliphatic rings. The number of hydrogen-bond donors (Lipinski definition) is 2. The van der Waals surface area contributed by atoms with Gasteiger partial charge in [-0.05, 0) is 31.4 Å². The van der Waals surface area contributed by atoms with Gasteiger partial charge in [0.2, 0.25) is 11.8 Å². The van der Waals surface area contributed by atoms with Crippen molar-refractivity contribution in [2.24, 2.45) is 0 Å². The van der Waals surface area contributed by atoms with Crippen LogP contribution in [0.1, 0.15) is 31.7 Å². The molecule has 2 rings (SSSR count). The first kappa shape index (κ1) is 17.5. The molecule has 1 fully saturated rings. The average molecular weight is 317 g/mol. The van der Waals surface area contributed by atoms with Crippen LogP contribution in [0, 0.1) is 0 Å². The Bertz CT molecular complexity index is 504. The molecular weight excluding hydrogens is 290 g/mol. The number of nitrogens with zero attached hydrogens (tertiary/aromatic N) is 1. The third-order valence-electron chi connectivity index (χ3n) is 4.16. The lowest BCUT2D eigenvalue weighted by atomic mass is 10.0. The SMILES string of the molecule is CC(=O)NCCC(=O)NC1CCCN(CCc2ccccc2)C1. The zero-order chi connectivity index (χ0) is 16.5. The molecule has 0 aliphatic carbocycles. The number of hydrogen-bond acceptors (Lipinski definition) is 3. The number of carbonyl (C=O) groups is 2. The predicted molar refractivity (Wildman–Crippen MR) is 91.1 cm³/mol. The summed E-state index contributed by atoms with van der Waals surface area (Å²) in [6.45, 7) is 4.92. The quantitative estimate of drug-likeness (QED) is 0.798. The van der Waals surface area contributed by atoms with Gasteiger partial charge >= 0.3 is 0 Å². The van der Waals surface area contributed by atoms with Crippen molar-refractivity contribution in [2.75, 3.05) is 26.2 Å². The van der Waals surface area contributed by atoms with Crippen LogP contribution in [0.4, 0.5) is 0 Å². The smallest absolute Gasteiger partial charge is 0.222 e. The maximum atomic E-state index is 11.9. The topological polar surface area (TPSA) is 61.4 Å². The fraction of sp³-hybridized carbons (Fsp3) is 0.556. The third-order valence-corrected chi connectivity index (χ3v) is 4.16. The van der Waals surface area contributed by atoms with E-state index in [1.54, 1.807) is 0 Å².